The Morgan fingerprint density at radius 1 is 1.12 bits per heavy atom. The van der Waals surface area contributed by atoms with Crippen LogP contribution in [0.25, 0.3) is 0 Å². The Morgan fingerprint density at radius 3 is 2.59 bits per heavy atom. The third kappa shape index (κ3) is 2.99. The molecule has 0 heterocycles. The van der Waals surface area contributed by atoms with Crippen molar-refractivity contribution in [2.75, 3.05) is 5.32 Å². The molecular weight excluding hydrogens is 232 g/mol. The van der Waals surface area contributed by atoms with Crippen LogP contribution < -0.4 is 5.32 Å². The van der Waals surface area contributed by atoms with Crippen molar-refractivity contribution in [1.29, 1.82) is 5.26 Å². The fourth-order valence-corrected chi connectivity index (χ4v) is 1.71. The molecule has 0 atom stereocenters. The topological polar surface area (TPSA) is 35.8 Å². The van der Waals surface area contributed by atoms with Crippen molar-refractivity contribution in [3.8, 4) is 6.07 Å². The lowest BCUT2D eigenvalue weighted by molar-refractivity contribution is 1.15. The van der Waals surface area contributed by atoms with Crippen LogP contribution in [0.15, 0.2) is 48.5 Å². The van der Waals surface area contributed by atoms with Crippen LogP contribution in [0.1, 0.15) is 11.1 Å². The largest absolute Gasteiger partial charge is 0.380 e. The zero-order chi connectivity index (χ0) is 12.1. The van der Waals surface area contributed by atoms with E-state index in [-0.39, 0.29) is 0 Å². The van der Waals surface area contributed by atoms with Gasteiger partial charge in [-0.2, -0.15) is 5.26 Å². The maximum atomic E-state index is 8.82. The van der Waals surface area contributed by atoms with Gasteiger partial charge in [-0.25, -0.2) is 0 Å². The van der Waals surface area contributed by atoms with Gasteiger partial charge in [0.1, 0.15) is 0 Å². The first-order valence-electron chi connectivity index (χ1n) is 5.27. The van der Waals surface area contributed by atoms with E-state index in [1.54, 1.807) is 18.2 Å². The predicted octanol–water partition coefficient (Wildman–Crippen LogP) is 3.82. The molecule has 0 radical (unpaired) electrons. The Kier molecular flexibility index (Phi) is 3.64. The Morgan fingerprint density at radius 2 is 1.88 bits per heavy atom. The predicted molar refractivity (Wildman–Crippen MR) is 69.9 cm³/mol. The van der Waals surface area contributed by atoms with Crippen molar-refractivity contribution < 1.29 is 0 Å². The fraction of sp³-hybridized carbons (Fsp3) is 0.0714. The summed E-state index contributed by atoms with van der Waals surface area (Å²) in [6.45, 7) is 0.690. The Labute approximate surface area is 105 Å². The summed E-state index contributed by atoms with van der Waals surface area (Å²) in [5.74, 6) is 0. The smallest absolute Gasteiger partial charge is 0.0992 e. The monoisotopic (exact) mass is 242 g/mol. The van der Waals surface area contributed by atoms with Crippen LogP contribution in [0, 0.1) is 11.3 Å². The molecule has 0 saturated carbocycles. The summed E-state index contributed by atoms with van der Waals surface area (Å²) in [6.07, 6.45) is 0. The number of nitriles is 1. The molecule has 0 saturated heterocycles. The van der Waals surface area contributed by atoms with E-state index in [0.717, 1.165) is 5.69 Å². The minimum absolute atomic E-state index is 0.602. The van der Waals surface area contributed by atoms with Crippen LogP contribution in [0.4, 0.5) is 5.69 Å². The van der Waals surface area contributed by atoms with Crippen molar-refractivity contribution in [2.45, 2.75) is 6.54 Å². The third-order valence-corrected chi connectivity index (χ3v) is 2.75. The molecule has 0 fully saturated rings. The van der Waals surface area contributed by atoms with Gasteiger partial charge < -0.3 is 5.32 Å². The van der Waals surface area contributed by atoms with E-state index in [2.05, 4.69) is 11.4 Å². The first-order chi connectivity index (χ1) is 8.29. The van der Waals surface area contributed by atoms with Crippen LogP contribution in [0.5, 0.6) is 0 Å². The second-order valence-electron chi connectivity index (χ2n) is 3.65. The zero-order valence-corrected chi connectivity index (χ0v) is 9.91. The quantitative estimate of drug-likeness (QED) is 0.888. The fourth-order valence-electron chi connectivity index (χ4n) is 1.52. The Bertz CT molecular complexity index is 544. The maximum absolute atomic E-state index is 8.82. The molecule has 2 aromatic rings. The van der Waals surface area contributed by atoms with Gasteiger partial charge in [-0.1, -0.05) is 41.9 Å². The first kappa shape index (κ1) is 11.5. The van der Waals surface area contributed by atoms with Gasteiger partial charge in [0, 0.05) is 6.54 Å². The standard InChI is InChI=1S/C14H11ClN2/c15-13-7-6-12(9-16)8-14(13)17-10-11-4-2-1-3-5-11/h1-8,17H,10H2. The second kappa shape index (κ2) is 5.38. The molecule has 2 rings (SSSR count). The molecule has 3 heteroatoms. The zero-order valence-electron chi connectivity index (χ0n) is 9.15. The van der Waals surface area contributed by atoms with Gasteiger partial charge in [0.15, 0.2) is 0 Å². The molecule has 0 aliphatic carbocycles. The minimum atomic E-state index is 0.602. The molecule has 17 heavy (non-hydrogen) atoms. The van der Waals surface area contributed by atoms with Crippen LogP contribution >= 0.6 is 11.6 Å². The molecule has 2 aromatic carbocycles. The van der Waals surface area contributed by atoms with E-state index in [9.17, 15) is 0 Å². The van der Waals surface area contributed by atoms with Crippen LogP contribution in [0.2, 0.25) is 5.02 Å². The van der Waals surface area contributed by atoms with Crippen molar-refractivity contribution in [3.63, 3.8) is 0 Å². The number of hydrogen-bond acceptors (Lipinski definition) is 2. The van der Waals surface area contributed by atoms with Gasteiger partial charge in [-0.05, 0) is 23.8 Å². The van der Waals surface area contributed by atoms with Crippen LogP contribution in [0.3, 0.4) is 0 Å². The number of anilines is 1. The highest BCUT2D eigenvalue weighted by Crippen LogP contribution is 2.23. The van der Waals surface area contributed by atoms with Crippen LogP contribution in [-0.2, 0) is 6.54 Å². The van der Waals surface area contributed by atoms with Gasteiger partial charge >= 0.3 is 0 Å². The number of halogens is 1. The van der Waals surface area contributed by atoms with E-state index in [1.165, 1.54) is 5.56 Å². The molecular formula is C14H11ClN2. The molecule has 0 unspecified atom stereocenters. The molecule has 0 aliphatic rings. The lowest BCUT2D eigenvalue weighted by Gasteiger charge is -2.08. The molecule has 0 aliphatic heterocycles. The lowest BCUT2D eigenvalue weighted by Crippen LogP contribution is -1.99. The molecule has 0 amide bonds. The van der Waals surface area contributed by atoms with Crippen LogP contribution in [-0.4, -0.2) is 0 Å². The highest BCUT2D eigenvalue weighted by molar-refractivity contribution is 6.33. The van der Waals surface area contributed by atoms with E-state index < -0.39 is 0 Å². The van der Waals surface area contributed by atoms with Gasteiger partial charge in [0.2, 0.25) is 0 Å². The number of nitrogens with one attached hydrogen (secondary N) is 1. The maximum Gasteiger partial charge on any atom is 0.0992 e. The summed E-state index contributed by atoms with van der Waals surface area (Å²) in [5, 5.41) is 12.7. The number of rotatable bonds is 3. The number of benzene rings is 2. The molecule has 1 N–H and O–H groups in total. The van der Waals surface area contributed by atoms with E-state index >= 15 is 0 Å². The number of nitrogens with zero attached hydrogens (tertiary/aromatic N) is 1. The molecule has 0 spiro atoms. The first-order valence-corrected chi connectivity index (χ1v) is 5.65. The third-order valence-electron chi connectivity index (χ3n) is 2.42. The van der Waals surface area contributed by atoms with E-state index in [4.69, 9.17) is 16.9 Å². The van der Waals surface area contributed by atoms with Gasteiger partial charge in [-0.3, -0.25) is 0 Å². The van der Waals surface area contributed by atoms with E-state index in [0.29, 0.717) is 17.1 Å². The van der Waals surface area contributed by atoms with Gasteiger partial charge in [-0.15, -0.1) is 0 Å². The van der Waals surface area contributed by atoms with Crippen molar-refractivity contribution >= 4 is 17.3 Å². The van der Waals surface area contributed by atoms with Gasteiger partial charge in [0.25, 0.3) is 0 Å². The second-order valence-corrected chi connectivity index (χ2v) is 4.05. The summed E-state index contributed by atoms with van der Waals surface area (Å²) < 4.78 is 0. The SMILES string of the molecule is N#Cc1ccc(Cl)c(NCc2ccccc2)c1. The van der Waals surface area contributed by atoms with Crippen molar-refractivity contribution in [2.24, 2.45) is 0 Å². The molecule has 0 bridgehead atoms. The molecule has 84 valence electrons. The summed E-state index contributed by atoms with van der Waals surface area (Å²) in [4.78, 5) is 0. The van der Waals surface area contributed by atoms with Crippen molar-refractivity contribution in [3.05, 3.63) is 64.7 Å². The normalized spacial score (nSPS) is 9.65. The minimum Gasteiger partial charge on any atom is -0.380 e. The summed E-state index contributed by atoms with van der Waals surface area (Å²) in [5.41, 5.74) is 2.56. The average Bonchev–Trinajstić information content (AvgIpc) is 2.39. The highest BCUT2D eigenvalue weighted by atomic mass is 35.5. The summed E-state index contributed by atoms with van der Waals surface area (Å²) in [6, 6.07) is 17.3. The Hall–Kier alpha value is -1.98. The Balaban J connectivity index is 2.12. The summed E-state index contributed by atoms with van der Waals surface area (Å²) >= 11 is 6.05. The van der Waals surface area contributed by atoms with Crippen molar-refractivity contribution in [1.82, 2.24) is 0 Å². The van der Waals surface area contributed by atoms with Gasteiger partial charge in [0.05, 0.1) is 22.3 Å². The summed E-state index contributed by atoms with van der Waals surface area (Å²) in [7, 11) is 0. The molecule has 0 aromatic heterocycles. The van der Waals surface area contributed by atoms with E-state index in [1.807, 2.05) is 30.3 Å². The lowest BCUT2D eigenvalue weighted by atomic mass is 10.2. The average molecular weight is 243 g/mol. The number of hydrogen-bond donors (Lipinski definition) is 1. The molecule has 2 nitrogen and oxygen atoms in total. The highest BCUT2D eigenvalue weighted by Gasteiger charge is 2.01.